The highest BCUT2D eigenvalue weighted by molar-refractivity contribution is 5.96. The minimum Gasteiger partial charge on any atom is -0.478 e. The van der Waals surface area contributed by atoms with Gasteiger partial charge in [-0.1, -0.05) is 48.5 Å². The molecular weight excluding hydrogens is 436 g/mol. The summed E-state index contributed by atoms with van der Waals surface area (Å²) in [6, 6.07) is 23.3. The fourth-order valence-electron chi connectivity index (χ4n) is 3.43. The van der Waals surface area contributed by atoms with E-state index in [9.17, 15) is 19.8 Å². The number of nitrogens with two attached hydrogens (primary N) is 2. The molecule has 170 valence electrons. The monoisotopic (exact) mass is 456 g/mol. The lowest BCUT2D eigenvalue weighted by molar-refractivity contribution is 0.0687. The second kappa shape index (κ2) is 9.25. The Hall–Kier alpha value is -4.98. The largest absolute Gasteiger partial charge is 0.478 e. The number of ether oxygens (including phenoxy) is 2. The average molecular weight is 456 g/mol. The lowest BCUT2D eigenvalue weighted by Crippen LogP contribution is -2.04. The second-order valence-corrected chi connectivity index (χ2v) is 7.24. The summed E-state index contributed by atoms with van der Waals surface area (Å²) in [4.78, 5) is 22.9. The lowest BCUT2D eigenvalue weighted by atomic mass is 10.0. The van der Waals surface area contributed by atoms with E-state index in [1.54, 1.807) is 48.5 Å². The van der Waals surface area contributed by atoms with Crippen molar-refractivity contribution in [3.8, 4) is 34.1 Å². The Kier molecular flexibility index (Phi) is 6.05. The maximum Gasteiger partial charge on any atom is 0.337 e. The molecule has 0 atom stereocenters. The van der Waals surface area contributed by atoms with Gasteiger partial charge in [0.2, 0.25) is 0 Å². The van der Waals surface area contributed by atoms with Gasteiger partial charge >= 0.3 is 11.9 Å². The number of carboxylic acid groups (broad SMARTS) is 2. The molecule has 0 saturated carbocycles. The maximum atomic E-state index is 11.4. The molecule has 4 aromatic carbocycles. The molecule has 0 spiro atoms. The molecule has 0 unspecified atom stereocenters. The minimum atomic E-state index is -1.16. The molecule has 0 aromatic heterocycles. The molecule has 0 heterocycles. The number of hydrogen-bond acceptors (Lipinski definition) is 6. The average Bonchev–Trinajstić information content (AvgIpc) is 2.82. The fraction of sp³-hybridized carbons (Fsp3) is 0. The molecule has 8 heteroatoms. The summed E-state index contributed by atoms with van der Waals surface area (Å²) in [6.07, 6.45) is 0. The van der Waals surface area contributed by atoms with Crippen LogP contribution in [0.2, 0.25) is 0 Å². The molecule has 0 fully saturated rings. The van der Waals surface area contributed by atoms with Crippen LogP contribution in [0.4, 0.5) is 11.4 Å². The normalized spacial score (nSPS) is 10.5. The highest BCUT2D eigenvalue weighted by Gasteiger charge is 2.18. The van der Waals surface area contributed by atoms with E-state index in [0.29, 0.717) is 22.6 Å². The first-order chi connectivity index (χ1) is 16.4. The summed E-state index contributed by atoms with van der Waals surface area (Å²) in [6.45, 7) is 0. The minimum absolute atomic E-state index is 0.00703. The maximum absolute atomic E-state index is 11.4. The third-order valence-corrected chi connectivity index (χ3v) is 5.10. The van der Waals surface area contributed by atoms with Gasteiger partial charge in [-0.25, -0.2) is 9.59 Å². The molecule has 0 aliphatic rings. The summed E-state index contributed by atoms with van der Waals surface area (Å²) in [5.41, 5.74) is 13.2. The van der Waals surface area contributed by atoms with Gasteiger partial charge in [-0.3, -0.25) is 0 Å². The van der Waals surface area contributed by atoms with Gasteiger partial charge in [0.15, 0.2) is 11.5 Å². The zero-order valence-corrected chi connectivity index (χ0v) is 17.8. The Morgan fingerprint density at radius 2 is 0.882 bits per heavy atom. The van der Waals surface area contributed by atoms with Gasteiger partial charge in [0.25, 0.3) is 0 Å². The molecule has 0 bridgehead atoms. The number of carboxylic acids is 2. The van der Waals surface area contributed by atoms with Crippen molar-refractivity contribution in [1.29, 1.82) is 0 Å². The Morgan fingerprint density at radius 3 is 1.26 bits per heavy atom. The van der Waals surface area contributed by atoms with Crippen LogP contribution in [0.3, 0.4) is 0 Å². The van der Waals surface area contributed by atoms with E-state index in [4.69, 9.17) is 20.9 Å². The SMILES string of the molecule is Nc1c(Oc2ccccc2-c2ccccc2Oc2cccc(C(=O)O)c2N)cccc1C(=O)O. The van der Waals surface area contributed by atoms with Gasteiger partial charge in [0.05, 0.1) is 22.5 Å². The van der Waals surface area contributed by atoms with E-state index in [1.807, 2.05) is 24.3 Å². The Bertz CT molecular complexity index is 1290. The van der Waals surface area contributed by atoms with E-state index < -0.39 is 11.9 Å². The van der Waals surface area contributed by atoms with Crippen LogP contribution in [0.25, 0.3) is 11.1 Å². The van der Waals surface area contributed by atoms with Crippen molar-refractivity contribution in [3.05, 3.63) is 96.1 Å². The summed E-state index contributed by atoms with van der Waals surface area (Å²) in [5, 5.41) is 18.7. The third-order valence-electron chi connectivity index (χ3n) is 5.10. The molecule has 0 aliphatic carbocycles. The quantitative estimate of drug-likeness (QED) is 0.267. The lowest BCUT2D eigenvalue weighted by Gasteiger charge is -2.17. The number of aromatic carboxylic acids is 2. The number of benzene rings is 4. The van der Waals surface area contributed by atoms with Crippen molar-refractivity contribution in [3.63, 3.8) is 0 Å². The molecule has 4 rings (SSSR count). The summed E-state index contributed by atoms with van der Waals surface area (Å²) in [5.74, 6) is -1.08. The fourth-order valence-corrected chi connectivity index (χ4v) is 3.43. The third kappa shape index (κ3) is 4.33. The zero-order valence-electron chi connectivity index (χ0n) is 17.8. The van der Waals surface area contributed by atoms with Gasteiger partial charge in [-0.2, -0.15) is 0 Å². The number of carbonyl (C=O) groups is 2. The van der Waals surface area contributed by atoms with Crippen molar-refractivity contribution >= 4 is 23.3 Å². The van der Waals surface area contributed by atoms with Crippen LogP contribution in [0.1, 0.15) is 20.7 Å². The number of anilines is 2. The number of nitrogen functional groups attached to an aromatic ring is 2. The van der Waals surface area contributed by atoms with Crippen molar-refractivity contribution in [2.24, 2.45) is 0 Å². The van der Waals surface area contributed by atoms with Crippen LogP contribution in [0.5, 0.6) is 23.0 Å². The summed E-state index contributed by atoms with van der Waals surface area (Å²) >= 11 is 0. The predicted molar refractivity (Wildman–Crippen MR) is 128 cm³/mol. The smallest absolute Gasteiger partial charge is 0.337 e. The molecular formula is C26H20N2O6. The van der Waals surface area contributed by atoms with Crippen LogP contribution in [0.15, 0.2) is 84.9 Å². The van der Waals surface area contributed by atoms with Crippen molar-refractivity contribution in [1.82, 2.24) is 0 Å². The summed E-state index contributed by atoms with van der Waals surface area (Å²) in [7, 11) is 0. The zero-order chi connectivity index (χ0) is 24.2. The number of para-hydroxylation sites is 4. The van der Waals surface area contributed by atoms with E-state index in [2.05, 4.69) is 0 Å². The molecule has 34 heavy (non-hydrogen) atoms. The molecule has 0 radical (unpaired) electrons. The topological polar surface area (TPSA) is 145 Å². The van der Waals surface area contributed by atoms with Crippen LogP contribution >= 0.6 is 0 Å². The second-order valence-electron chi connectivity index (χ2n) is 7.24. The number of hydrogen-bond donors (Lipinski definition) is 4. The van der Waals surface area contributed by atoms with Gasteiger partial charge in [0, 0.05) is 11.1 Å². The van der Waals surface area contributed by atoms with Crippen LogP contribution in [-0.2, 0) is 0 Å². The Labute approximate surface area is 194 Å². The highest BCUT2D eigenvalue weighted by atomic mass is 16.5. The van der Waals surface area contributed by atoms with Crippen LogP contribution < -0.4 is 20.9 Å². The van der Waals surface area contributed by atoms with Gasteiger partial charge in [-0.15, -0.1) is 0 Å². The van der Waals surface area contributed by atoms with Crippen LogP contribution in [-0.4, -0.2) is 22.2 Å². The van der Waals surface area contributed by atoms with Crippen molar-refractivity contribution < 1.29 is 29.3 Å². The Balaban J connectivity index is 1.75. The van der Waals surface area contributed by atoms with Gasteiger partial charge in [0.1, 0.15) is 11.5 Å². The van der Waals surface area contributed by atoms with E-state index in [0.717, 1.165) is 0 Å². The van der Waals surface area contributed by atoms with E-state index in [-0.39, 0.29) is 34.0 Å². The standard InChI is InChI=1S/C26H20N2O6/c27-23-17(25(29)30)9-5-13-21(23)33-19-11-3-1-7-15(19)16-8-2-4-12-20(16)34-22-14-6-10-18(24(22)28)26(31)32/h1-14H,27-28H2,(H,29,30)(H,31,32). The van der Waals surface area contributed by atoms with Crippen LogP contribution in [0, 0.1) is 0 Å². The first-order valence-corrected chi connectivity index (χ1v) is 10.1. The Morgan fingerprint density at radius 1 is 0.529 bits per heavy atom. The van der Waals surface area contributed by atoms with Gasteiger partial charge < -0.3 is 31.2 Å². The molecule has 0 saturated heterocycles. The molecule has 6 N–H and O–H groups in total. The summed E-state index contributed by atoms with van der Waals surface area (Å²) < 4.78 is 12.0. The molecule has 4 aromatic rings. The van der Waals surface area contributed by atoms with Gasteiger partial charge in [-0.05, 0) is 36.4 Å². The van der Waals surface area contributed by atoms with Crippen molar-refractivity contribution in [2.45, 2.75) is 0 Å². The molecule has 0 aliphatic heterocycles. The predicted octanol–water partition coefficient (Wildman–Crippen LogP) is 5.50. The number of rotatable bonds is 7. The van der Waals surface area contributed by atoms with E-state index >= 15 is 0 Å². The first-order valence-electron chi connectivity index (χ1n) is 10.1. The molecule has 0 amide bonds. The molecule has 8 nitrogen and oxygen atoms in total. The van der Waals surface area contributed by atoms with E-state index in [1.165, 1.54) is 12.1 Å². The van der Waals surface area contributed by atoms with Crippen molar-refractivity contribution in [2.75, 3.05) is 11.5 Å². The first kappa shape index (κ1) is 22.2. The highest BCUT2D eigenvalue weighted by Crippen LogP contribution is 2.42.